The number of carbonyl (C=O) groups excluding carboxylic acids is 1. The van der Waals surface area contributed by atoms with Crippen LogP contribution in [0.15, 0.2) is 54.6 Å². The lowest BCUT2D eigenvalue weighted by Gasteiger charge is -2.31. The van der Waals surface area contributed by atoms with Gasteiger partial charge in [0.15, 0.2) is 5.82 Å². The maximum absolute atomic E-state index is 13.1. The van der Waals surface area contributed by atoms with E-state index in [0.29, 0.717) is 55.8 Å². The zero-order chi connectivity index (χ0) is 22.3. The molecule has 0 unspecified atom stereocenters. The number of hydrogen-bond acceptors (Lipinski definition) is 6. The van der Waals surface area contributed by atoms with Gasteiger partial charge in [0.25, 0.3) is 0 Å². The van der Waals surface area contributed by atoms with Gasteiger partial charge in [0.05, 0.1) is 0 Å². The van der Waals surface area contributed by atoms with E-state index in [1.807, 2.05) is 42.5 Å². The molecule has 0 atom stereocenters. The lowest BCUT2D eigenvalue weighted by molar-refractivity contribution is -0.125. The predicted octanol–water partition coefficient (Wildman–Crippen LogP) is 3.58. The van der Waals surface area contributed by atoms with Crippen molar-refractivity contribution in [2.24, 2.45) is 5.92 Å². The number of benzene rings is 2. The molecular formula is C24H27FN6O. The Balaban J connectivity index is 1.38. The Bertz CT molecular complexity index is 1050. The van der Waals surface area contributed by atoms with Crippen molar-refractivity contribution in [3.63, 3.8) is 0 Å². The lowest BCUT2D eigenvalue weighted by atomic mass is 9.96. The molecule has 8 heteroatoms. The highest BCUT2D eigenvalue weighted by Crippen LogP contribution is 2.24. The smallest absolute Gasteiger partial charge is 0.230 e. The van der Waals surface area contributed by atoms with Crippen LogP contribution in [0.1, 0.15) is 24.0 Å². The molecule has 2 N–H and O–H groups in total. The van der Waals surface area contributed by atoms with Gasteiger partial charge in [-0.15, -0.1) is 0 Å². The van der Waals surface area contributed by atoms with E-state index in [9.17, 15) is 9.18 Å². The van der Waals surface area contributed by atoms with E-state index >= 15 is 0 Å². The average molecular weight is 435 g/mol. The summed E-state index contributed by atoms with van der Waals surface area (Å²) in [4.78, 5) is 28.4. The molecule has 2 heterocycles. The Kier molecular flexibility index (Phi) is 6.89. The van der Waals surface area contributed by atoms with E-state index in [4.69, 9.17) is 0 Å². The van der Waals surface area contributed by atoms with Gasteiger partial charge in [-0.05, 0) is 24.0 Å². The van der Waals surface area contributed by atoms with Gasteiger partial charge in [-0.1, -0.05) is 54.6 Å². The second-order valence-corrected chi connectivity index (χ2v) is 7.78. The molecule has 0 saturated carbocycles. The second kappa shape index (κ2) is 10.2. The molecule has 3 aromatic rings. The highest BCUT2D eigenvalue weighted by molar-refractivity contribution is 5.79. The van der Waals surface area contributed by atoms with Crippen molar-refractivity contribution in [1.29, 1.82) is 0 Å². The second-order valence-electron chi connectivity index (χ2n) is 7.78. The number of halogens is 1. The molecule has 1 aromatic heterocycles. The summed E-state index contributed by atoms with van der Waals surface area (Å²) in [6.45, 7) is 1.18. The van der Waals surface area contributed by atoms with Crippen LogP contribution in [0.5, 0.6) is 0 Å². The Hall–Kier alpha value is -3.55. The minimum atomic E-state index is -0.532. The van der Waals surface area contributed by atoms with Crippen LogP contribution < -0.4 is 15.5 Å². The number of nitrogens with one attached hydrogen (secondary N) is 2. The molecule has 1 aliphatic rings. The fourth-order valence-corrected chi connectivity index (χ4v) is 3.86. The fourth-order valence-electron chi connectivity index (χ4n) is 3.86. The topological polar surface area (TPSA) is 83.0 Å². The summed E-state index contributed by atoms with van der Waals surface area (Å²) < 4.78 is 13.1. The molecule has 0 aliphatic carbocycles. The minimum absolute atomic E-state index is 0.00912. The van der Waals surface area contributed by atoms with Crippen molar-refractivity contribution in [2.75, 3.05) is 30.4 Å². The van der Waals surface area contributed by atoms with Gasteiger partial charge < -0.3 is 15.5 Å². The van der Waals surface area contributed by atoms with Gasteiger partial charge in [-0.2, -0.15) is 15.0 Å². The molecule has 0 radical (unpaired) electrons. The van der Waals surface area contributed by atoms with Gasteiger partial charge in [0.1, 0.15) is 6.67 Å². The highest BCUT2D eigenvalue weighted by Gasteiger charge is 2.27. The molecule has 166 valence electrons. The van der Waals surface area contributed by atoms with Crippen LogP contribution in [-0.2, 0) is 18.0 Å². The third kappa shape index (κ3) is 5.01. The third-order valence-electron chi connectivity index (χ3n) is 5.74. The van der Waals surface area contributed by atoms with Crippen molar-refractivity contribution >= 4 is 17.8 Å². The summed E-state index contributed by atoms with van der Waals surface area (Å²) in [6, 6.07) is 17.1. The van der Waals surface area contributed by atoms with Gasteiger partial charge in [0, 0.05) is 38.2 Å². The molecule has 7 nitrogen and oxygen atoms in total. The van der Waals surface area contributed by atoms with E-state index in [2.05, 4.69) is 30.5 Å². The fraction of sp³-hybridized carbons (Fsp3) is 0.333. The van der Waals surface area contributed by atoms with Gasteiger partial charge >= 0.3 is 0 Å². The zero-order valence-corrected chi connectivity index (χ0v) is 18.1. The third-order valence-corrected chi connectivity index (χ3v) is 5.74. The Morgan fingerprint density at radius 2 is 1.69 bits per heavy atom. The molecule has 1 saturated heterocycles. The van der Waals surface area contributed by atoms with Crippen LogP contribution in [0, 0.1) is 5.92 Å². The normalized spacial score (nSPS) is 14.2. The lowest BCUT2D eigenvalue weighted by Crippen LogP contribution is -2.41. The molecule has 2 aromatic carbocycles. The van der Waals surface area contributed by atoms with E-state index in [0.717, 1.165) is 11.1 Å². The van der Waals surface area contributed by atoms with Crippen LogP contribution in [0.2, 0.25) is 0 Å². The number of anilines is 2. The molecule has 0 spiro atoms. The van der Waals surface area contributed by atoms with Gasteiger partial charge in [-0.25, -0.2) is 4.39 Å². The molecule has 4 rings (SSSR count). The van der Waals surface area contributed by atoms with Crippen molar-refractivity contribution in [3.05, 3.63) is 65.7 Å². The number of alkyl halides is 1. The summed E-state index contributed by atoms with van der Waals surface area (Å²) in [5.41, 5.74) is 2.36. The van der Waals surface area contributed by atoms with Crippen molar-refractivity contribution in [3.8, 4) is 11.4 Å². The molecular weight excluding hydrogens is 407 g/mol. The van der Waals surface area contributed by atoms with E-state index in [-0.39, 0.29) is 11.8 Å². The largest absolute Gasteiger partial charge is 0.357 e. The molecule has 0 bridgehead atoms. The zero-order valence-electron chi connectivity index (χ0n) is 18.1. The minimum Gasteiger partial charge on any atom is -0.357 e. The first-order valence-electron chi connectivity index (χ1n) is 10.8. The van der Waals surface area contributed by atoms with Crippen LogP contribution in [-0.4, -0.2) is 41.0 Å². The number of carbonyl (C=O) groups is 1. The molecule has 1 aliphatic heterocycles. The number of hydrogen-bond donors (Lipinski definition) is 2. The molecule has 32 heavy (non-hydrogen) atoms. The summed E-state index contributed by atoms with van der Waals surface area (Å²) in [7, 11) is 1.78. The number of aromatic nitrogens is 3. The quantitative estimate of drug-likeness (QED) is 0.591. The molecule has 1 amide bonds. The van der Waals surface area contributed by atoms with Crippen LogP contribution in [0.4, 0.5) is 16.3 Å². The Morgan fingerprint density at radius 3 is 2.38 bits per heavy atom. The van der Waals surface area contributed by atoms with E-state index < -0.39 is 6.67 Å². The Morgan fingerprint density at radius 1 is 1.00 bits per heavy atom. The van der Waals surface area contributed by atoms with Crippen molar-refractivity contribution in [1.82, 2.24) is 20.3 Å². The van der Waals surface area contributed by atoms with E-state index in [1.54, 1.807) is 19.2 Å². The monoisotopic (exact) mass is 434 g/mol. The first-order chi connectivity index (χ1) is 15.7. The Labute approximate surface area is 187 Å². The number of rotatable bonds is 7. The van der Waals surface area contributed by atoms with E-state index in [1.165, 1.54) is 0 Å². The molecule has 1 fully saturated rings. The van der Waals surface area contributed by atoms with Crippen molar-refractivity contribution < 1.29 is 9.18 Å². The number of nitrogens with zero attached hydrogens (tertiary/aromatic N) is 4. The number of amides is 1. The first-order valence-corrected chi connectivity index (χ1v) is 10.8. The first kappa shape index (κ1) is 21.7. The standard InChI is InChI=1S/C24H27FN6O/c1-26-23-28-21(17-7-3-2-4-8-17)29-24(30-23)31-13-11-18(12-14-31)22(32)27-16-20-10-6-5-9-19(20)15-25/h2-10,18H,11-16H2,1H3,(H,27,32)(H,26,28,29,30). The van der Waals surface area contributed by atoms with Crippen molar-refractivity contribution in [2.45, 2.75) is 26.1 Å². The summed E-state index contributed by atoms with van der Waals surface area (Å²) >= 11 is 0. The average Bonchev–Trinajstić information content (AvgIpc) is 2.87. The summed E-state index contributed by atoms with van der Waals surface area (Å²) in [5.74, 6) is 1.67. The maximum atomic E-state index is 13.1. The van der Waals surface area contributed by atoms with Gasteiger partial charge in [0.2, 0.25) is 17.8 Å². The SMILES string of the molecule is CNc1nc(-c2ccccc2)nc(N2CCC(C(=O)NCc3ccccc3CF)CC2)n1. The summed E-state index contributed by atoms with van der Waals surface area (Å²) in [6.07, 6.45) is 1.41. The summed E-state index contributed by atoms with van der Waals surface area (Å²) in [5, 5.41) is 5.98. The van der Waals surface area contributed by atoms with Crippen LogP contribution >= 0.6 is 0 Å². The highest BCUT2D eigenvalue weighted by atomic mass is 19.1. The van der Waals surface area contributed by atoms with Crippen LogP contribution in [0.25, 0.3) is 11.4 Å². The van der Waals surface area contributed by atoms with Gasteiger partial charge in [-0.3, -0.25) is 4.79 Å². The maximum Gasteiger partial charge on any atom is 0.230 e. The van der Waals surface area contributed by atoms with Crippen LogP contribution in [0.3, 0.4) is 0 Å². The predicted molar refractivity (Wildman–Crippen MR) is 123 cm³/mol. The number of piperidine rings is 1.